The number of carbonyl (C=O) groups is 3. The summed E-state index contributed by atoms with van der Waals surface area (Å²) >= 11 is 0. The molecule has 0 aliphatic carbocycles. The molecule has 0 aliphatic heterocycles. The maximum absolute atomic E-state index is 14.3. The zero-order chi connectivity index (χ0) is 77.7. The van der Waals surface area contributed by atoms with Crippen LogP contribution in [0.1, 0.15) is 446 Å². The summed E-state index contributed by atoms with van der Waals surface area (Å²) in [5.41, 5.74) is 0. The zero-order valence-corrected chi connectivity index (χ0v) is 72.3. The van der Waals surface area contributed by atoms with Crippen LogP contribution in [0.15, 0.2) is 48.6 Å². The molecule has 0 aliphatic rings. The van der Waals surface area contributed by atoms with Crippen molar-refractivity contribution in [2.75, 3.05) is 73.4 Å². The highest BCUT2D eigenvalue weighted by molar-refractivity contribution is 5.76. The summed E-state index contributed by atoms with van der Waals surface area (Å²) < 4.78 is 43.0. The first-order chi connectivity index (χ1) is 52.6. The number of unbranched alkanes of at least 4 members (excludes halogenated alkanes) is 43. The Morgan fingerprint density at radius 1 is 0.280 bits per heavy atom. The molecule has 0 fully saturated rings. The molecule has 0 saturated heterocycles. The Hall–Kier alpha value is -2.87. The quantitative estimate of drug-likeness (QED) is 0.0189. The molecule has 0 saturated carbocycles. The molecule has 0 amide bonds. The first-order valence-electron chi connectivity index (χ1n) is 46.6. The van der Waals surface area contributed by atoms with E-state index in [9.17, 15) is 14.4 Å². The Morgan fingerprint density at radius 3 is 0.888 bits per heavy atom. The van der Waals surface area contributed by atoms with Crippen LogP contribution in [0.3, 0.4) is 0 Å². The van der Waals surface area contributed by atoms with Crippen molar-refractivity contribution in [1.29, 1.82) is 0 Å². The molecule has 0 aromatic heterocycles. The van der Waals surface area contributed by atoms with Gasteiger partial charge >= 0.3 is 17.9 Å². The van der Waals surface area contributed by atoms with Crippen molar-refractivity contribution in [3.63, 3.8) is 0 Å². The molecule has 0 radical (unpaired) electrons. The van der Waals surface area contributed by atoms with Crippen LogP contribution in [0, 0.1) is 0 Å². The first-order valence-corrected chi connectivity index (χ1v) is 46.6. The van der Waals surface area contributed by atoms with Gasteiger partial charge in [-0.2, -0.15) is 0 Å². The number of carbonyl (C=O) groups excluding carboxylic acids is 3. The van der Waals surface area contributed by atoms with Crippen LogP contribution in [0.4, 0.5) is 0 Å². The summed E-state index contributed by atoms with van der Waals surface area (Å²) in [6, 6.07) is -0.278. The molecule has 1 atom stereocenters. The van der Waals surface area contributed by atoms with Gasteiger partial charge in [-0.25, -0.2) is 0 Å². The lowest BCUT2D eigenvalue weighted by Crippen LogP contribution is -2.39. The fourth-order valence-corrected chi connectivity index (χ4v) is 13.9. The second-order valence-corrected chi connectivity index (χ2v) is 31.7. The molecule has 0 heterocycles. The van der Waals surface area contributed by atoms with Crippen molar-refractivity contribution in [3.05, 3.63) is 48.6 Å². The van der Waals surface area contributed by atoms with Gasteiger partial charge in [0.05, 0.1) is 13.2 Å². The number of esters is 3. The van der Waals surface area contributed by atoms with Gasteiger partial charge in [0.25, 0.3) is 0 Å². The molecule has 0 spiro atoms. The summed E-state index contributed by atoms with van der Waals surface area (Å²) in [4.78, 5) is 45.1. The highest BCUT2D eigenvalue weighted by Crippen LogP contribution is 2.22. The summed E-state index contributed by atoms with van der Waals surface area (Å²) in [7, 11) is 4.07. The number of allylic oxidation sites excluding steroid dienone is 8. The third-order valence-electron chi connectivity index (χ3n) is 21.0. The lowest BCUT2D eigenvalue weighted by atomic mass is 10.0. The van der Waals surface area contributed by atoms with Crippen LogP contribution in [0.25, 0.3) is 0 Å². The summed E-state index contributed by atoms with van der Waals surface area (Å²) in [6.07, 6.45) is 88.5. The highest BCUT2D eigenvalue weighted by atomic mass is 16.7. The van der Waals surface area contributed by atoms with Crippen LogP contribution in [-0.2, 0) is 47.5 Å². The second-order valence-electron chi connectivity index (χ2n) is 31.7. The Balaban J connectivity index is 5.77. The minimum atomic E-state index is -0.340. The number of hydrogen-bond donors (Lipinski definition) is 0. The molecular formula is C95H180N2O10. The third kappa shape index (κ3) is 78.2. The number of ether oxygens (including phenoxy) is 7. The van der Waals surface area contributed by atoms with E-state index in [0.717, 1.165) is 142 Å². The molecule has 12 heteroatoms. The van der Waals surface area contributed by atoms with E-state index in [-0.39, 0.29) is 42.6 Å². The van der Waals surface area contributed by atoms with E-state index in [1.54, 1.807) is 0 Å². The van der Waals surface area contributed by atoms with Gasteiger partial charge in [0.15, 0.2) is 12.6 Å². The molecule has 0 N–H and O–H groups in total. The summed E-state index contributed by atoms with van der Waals surface area (Å²) in [5.74, 6) is -0.349. The second kappa shape index (κ2) is 87.1. The van der Waals surface area contributed by atoms with E-state index >= 15 is 0 Å². The fraction of sp³-hybridized carbons (Fsp3) is 0.884. The normalized spacial score (nSPS) is 12.5. The maximum atomic E-state index is 14.3. The smallest absolute Gasteiger partial charge is 0.323 e. The molecule has 0 aromatic carbocycles. The maximum Gasteiger partial charge on any atom is 0.323 e. The van der Waals surface area contributed by atoms with Crippen molar-refractivity contribution >= 4 is 17.9 Å². The highest BCUT2D eigenvalue weighted by Gasteiger charge is 2.26. The third-order valence-corrected chi connectivity index (χ3v) is 21.0. The predicted molar refractivity (Wildman–Crippen MR) is 459 cm³/mol. The van der Waals surface area contributed by atoms with Crippen LogP contribution in [0.5, 0.6) is 0 Å². The van der Waals surface area contributed by atoms with Gasteiger partial charge in [-0.15, -0.1) is 0 Å². The monoisotopic (exact) mass is 1510 g/mol. The molecule has 107 heavy (non-hydrogen) atoms. The minimum Gasteiger partial charge on any atom is -0.465 e. The number of likely N-dealkylation sites (N-methyl/N-ethyl adjacent to an activating group) is 1. The van der Waals surface area contributed by atoms with Gasteiger partial charge < -0.3 is 38.1 Å². The molecule has 0 rings (SSSR count). The van der Waals surface area contributed by atoms with Crippen LogP contribution in [0.2, 0.25) is 0 Å². The lowest BCUT2D eigenvalue weighted by molar-refractivity contribution is -0.162. The van der Waals surface area contributed by atoms with Crippen molar-refractivity contribution in [1.82, 2.24) is 9.80 Å². The van der Waals surface area contributed by atoms with Crippen LogP contribution in [-0.4, -0.2) is 126 Å². The van der Waals surface area contributed by atoms with Crippen molar-refractivity contribution < 1.29 is 47.5 Å². The molecule has 0 bridgehead atoms. The first kappa shape index (κ1) is 104. The van der Waals surface area contributed by atoms with Crippen LogP contribution < -0.4 is 0 Å². The van der Waals surface area contributed by atoms with E-state index < -0.39 is 0 Å². The molecule has 630 valence electrons. The SMILES string of the molecule is CCCCC/C=C/C/C=C/CCCCCCCCC(CCCCCCCC/C=C/C/C=C/CCCCC)OC(=O)C(CCCCN(CCCCCC(=O)OCCC(OCCCCCCCC)OCCCCCCCC)CCCCCC(=O)OCCC(OCCCCCCCC)OCCCCCCCC)N(C)C. The average molecular weight is 1510 g/mol. The topological polar surface area (TPSA) is 122 Å². The number of rotatable bonds is 88. The Bertz CT molecular complexity index is 1790. The van der Waals surface area contributed by atoms with Crippen molar-refractivity contribution in [3.8, 4) is 0 Å². The Kier molecular flexibility index (Phi) is 84.8. The molecular weight excluding hydrogens is 1330 g/mol. The van der Waals surface area contributed by atoms with E-state index in [0.29, 0.717) is 65.3 Å². The van der Waals surface area contributed by atoms with E-state index in [1.165, 1.54) is 257 Å². The number of nitrogens with zero attached hydrogens (tertiary/aromatic N) is 2. The van der Waals surface area contributed by atoms with E-state index in [4.69, 9.17) is 33.2 Å². The zero-order valence-electron chi connectivity index (χ0n) is 72.3. The van der Waals surface area contributed by atoms with E-state index in [1.807, 2.05) is 14.1 Å². The molecule has 1 unspecified atom stereocenters. The average Bonchev–Trinajstić information content (AvgIpc) is 0.898. The van der Waals surface area contributed by atoms with Crippen molar-refractivity contribution in [2.45, 2.75) is 471 Å². The van der Waals surface area contributed by atoms with Gasteiger partial charge in [-0.05, 0) is 188 Å². The Morgan fingerprint density at radius 2 is 0.551 bits per heavy atom. The van der Waals surface area contributed by atoms with Gasteiger partial charge in [0.2, 0.25) is 0 Å². The number of hydrogen-bond acceptors (Lipinski definition) is 12. The lowest BCUT2D eigenvalue weighted by Gasteiger charge is -2.27. The summed E-state index contributed by atoms with van der Waals surface area (Å²) in [6.45, 7) is 19.7. The van der Waals surface area contributed by atoms with Gasteiger partial charge in [-0.1, -0.05) is 315 Å². The van der Waals surface area contributed by atoms with Gasteiger partial charge in [0, 0.05) is 52.1 Å². The standard InChI is InChI=1S/C95H180N2O10/c1-9-15-21-27-33-35-37-39-41-43-45-47-49-51-53-61-73-89(74-62-54-52-50-48-46-44-42-40-38-36-34-28-22-16-10-2)107-95(100)90(96(7)8)75-65-68-82-97(80-66-59-63-76-91(98)101-87-78-93(103-83-69-55-29-23-17-11-3)104-84-70-56-30-24-18-12-4)81-67-60-64-77-92(99)102-88-79-94(105-85-71-57-31-25-19-13-5)106-86-72-58-32-26-20-14-6/h33-36,39-42,89-90,93-94H,9-32,37-38,43-88H2,1-8H3/b35-33+,36-34+,41-39+,42-40+. The predicted octanol–water partition coefficient (Wildman–Crippen LogP) is 27.9. The molecule has 12 nitrogen and oxygen atoms in total. The van der Waals surface area contributed by atoms with Gasteiger partial charge in [0.1, 0.15) is 12.1 Å². The minimum absolute atomic E-state index is 0.0305. The Labute approximate surface area is 664 Å². The van der Waals surface area contributed by atoms with Crippen LogP contribution >= 0.6 is 0 Å². The fourth-order valence-electron chi connectivity index (χ4n) is 13.9. The summed E-state index contributed by atoms with van der Waals surface area (Å²) in [5, 5.41) is 0. The largest absolute Gasteiger partial charge is 0.465 e. The molecule has 0 aromatic rings. The van der Waals surface area contributed by atoms with E-state index in [2.05, 4.69) is 100.0 Å². The van der Waals surface area contributed by atoms with Gasteiger partial charge in [-0.3, -0.25) is 19.3 Å². The van der Waals surface area contributed by atoms with Crippen molar-refractivity contribution in [2.24, 2.45) is 0 Å².